The van der Waals surface area contributed by atoms with Crippen LogP contribution in [0.5, 0.6) is 0 Å². The number of hydrogen-bond acceptors (Lipinski definition) is 2. The third-order valence-corrected chi connectivity index (χ3v) is 5.11. The highest BCUT2D eigenvalue weighted by Gasteiger charge is 2.15. The van der Waals surface area contributed by atoms with Crippen LogP contribution in [0, 0.1) is 0 Å². The molecule has 0 aromatic carbocycles. The SMILES string of the molecule is CCCCCCCC(CCCCC)c1cn2ccsc2n1. The summed E-state index contributed by atoms with van der Waals surface area (Å²) in [5.74, 6) is 0.672. The van der Waals surface area contributed by atoms with Crippen LogP contribution in [0.4, 0.5) is 0 Å². The number of fused-ring (bicyclic) bond motifs is 1. The van der Waals surface area contributed by atoms with Crippen LogP contribution in [0.3, 0.4) is 0 Å². The first-order chi connectivity index (χ1) is 10.3. The van der Waals surface area contributed by atoms with Crippen molar-refractivity contribution in [3.8, 4) is 0 Å². The summed E-state index contributed by atoms with van der Waals surface area (Å²) in [6.07, 6.45) is 17.9. The molecule has 0 N–H and O–H groups in total. The molecule has 118 valence electrons. The Morgan fingerprint density at radius 1 is 1.00 bits per heavy atom. The van der Waals surface area contributed by atoms with Gasteiger partial charge in [-0.3, -0.25) is 4.40 Å². The van der Waals surface area contributed by atoms with Gasteiger partial charge in [0.25, 0.3) is 0 Å². The van der Waals surface area contributed by atoms with Crippen molar-refractivity contribution in [2.75, 3.05) is 0 Å². The average molecular weight is 307 g/mol. The highest BCUT2D eigenvalue weighted by atomic mass is 32.1. The van der Waals surface area contributed by atoms with E-state index in [1.807, 2.05) is 0 Å². The molecule has 0 spiro atoms. The minimum Gasteiger partial charge on any atom is -0.297 e. The molecular weight excluding hydrogens is 276 g/mol. The largest absolute Gasteiger partial charge is 0.297 e. The summed E-state index contributed by atoms with van der Waals surface area (Å²) in [7, 11) is 0. The number of thiazole rings is 1. The molecule has 2 heterocycles. The quantitative estimate of drug-likeness (QED) is 0.438. The molecular formula is C18H30N2S. The lowest BCUT2D eigenvalue weighted by Gasteiger charge is -2.14. The average Bonchev–Trinajstić information content (AvgIpc) is 3.06. The number of unbranched alkanes of at least 4 members (excludes halogenated alkanes) is 6. The van der Waals surface area contributed by atoms with Crippen molar-refractivity contribution in [2.24, 2.45) is 0 Å². The van der Waals surface area contributed by atoms with Crippen LogP contribution in [-0.2, 0) is 0 Å². The summed E-state index contributed by atoms with van der Waals surface area (Å²) in [6, 6.07) is 0. The van der Waals surface area contributed by atoms with Gasteiger partial charge in [-0.1, -0.05) is 65.2 Å². The van der Waals surface area contributed by atoms with E-state index in [9.17, 15) is 0 Å². The lowest BCUT2D eigenvalue weighted by molar-refractivity contribution is 0.491. The number of imidazole rings is 1. The van der Waals surface area contributed by atoms with Crippen LogP contribution in [0.2, 0.25) is 0 Å². The fourth-order valence-corrected chi connectivity index (χ4v) is 3.72. The molecule has 0 amide bonds. The smallest absolute Gasteiger partial charge is 0.193 e. The maximum atomic E-state index is 4.85. The topological polar surface area (TPSA) is 17.3 Å². The number of aromatic nitrogens is 2. The molecule has 0 saturated carbocycles. The Bertz CT molecular complexity index is 472. The Balaban J connectivity index is 1.89. The Kier molecular flexibility index (Phi) is 7.28. The van der Waals surface area contributed by atoms with Gasteiger partial charge >= 0.3 is 0 Å². The van der Waals surface area contributed by atoms with E-state index in [-0.39, 0.29) is 0 Å². The van der Waals surface area contributed by atoms with Gasteiger partial charge in [0.05, 0.1) is 5.69 Å². The maximum Gasteiger partial charge on any atom is 0.193 e. The van der Waals surface area contributed by atoms with Gasteiger partial charge in [0, 0.05) is 23.7 Å². The zero-order chi connectivity index (χ0) is 14.9. The minimum absolute atomic E-state index is 0.672. The summed E-state index contributed by atoms with van der Waals surface area (Å²) in [6.45, 7) is 4.57. The van der Waals surface area contributed by atoms with Gasteiger partial charge in [-0.05, 0) is 12.8 Å². The first-order valence-corrected chi connectivity index (χ1v) is 9.65. The summed E-state index contributed by atoms with van der Waals surface area (Å²) in [4.78, 5) is 6.00. The van der Waals surface area contributed by atoms with Crippen molar-refractivity contribution in [1.82, 2.24) is 9.38 Å². The Morgan fingerprint density at radius 3 is 2.38 bits per heavy atom. The van der Waals surface area contributed by atoms with Gasteiger partial charge in [0.1, 0.15) is 0 Å². The third kappa shape index (κ3) is 5.14. The Hall–Kier alpha value is -0.830. The third-order valence-electron chi connectivity index (χ3n) is 4.34. The maximum absolute atomic E-state index is 4.85. The van der Waals surface area contributed by atoms with Crippen LogP contribution in [0.1, 0.15) is 89.7 Å². The highest BCUT2D eigenvalue weighted by molar-refractivity contribution is 7.15. The Labute approximate surface area is 133 Å². The molecule has 0 fully saturated rings. The molecule has 21 heavy (non-hydrogen) atoms. The second kappa shape index (κ2) is 9.24. The zero-order valence-corrected chi connectivity index (χ0v) is 14.5. The van der Waals surface area contributed by atoms with E-state index in [0.29, 0.717) is 5.92 Å². The van der Waals surface area contributed by atoms with Crippen LogP contribution < -0.4 is 0 Å². The molecule has 3 heteroatoms. The van der Waals surface area contributed by atoms with E-state index in [2.05, 4.69) is 36.0 Å². The molecule has 0 aliphatic carbocycles. The van der Waals surface area contributed by atoms with Crippen molar-refractivity contribution in [3.05, 3.63) is 23.5 Å². The summed E-state index contributed by atoms with van der Waals surface area (Å²) in [5.41, 5.74) is 1.33. The second-order valence-corrected chi connectivity index (χ2v) is 7.03. The van der Waals surface area contributed by atoms with E-state index in [1.165, 1.54) is 69.9 Å². The van der Waals surface area contributed by atoms with Crippen molar-refractivity contribution in [2.45, 2.75) is 84.0 Å². The molecule has 2 rings (SSSR count). The van der Waals surface area contributed by atoms with E-state index in [4.69, 9.17) is 4.98 Å². The fourth-order valence-electron chi connectivity index (χ4n) is 3.02. The number of hydrogen-bond donors (Lipinski definition) is 0. The van der Waals surface area contributed by atoms with Gasteiger partial charge in [0.2, 0.25) is 0 Å². The molecule has 1 unspecified atom stereocenters. The molecule has 0 aliphatic rings. The van der Waals surface area contributed by atoms with Crippen LogP contribution in [0.15, 0.2) is 17.8 Å². The second-order valence-electron chi connectivity index (χ2n) is 6.15. The molecule has 1 atom stereocenters. The van der Waals surface area contributed by atoms with Crippen LogP contribution >= 0.6 is 11.3 Å². The molecule has 2 aromatic heterocycles. The molecule has 0 saturated heterocycles. The minimum atomic E-state index is 0.672. The fraction of sp³-hybridized carbons (Fsp3) is 0.722. The van der Waals surface area contributed by atoms with E-state index in [1.54, 1.807) is 11.3 Å². The van der Waals surface area contributed by atoms with Gasteiger partial charge in [-0.25, -0.2) is 4.98 Å². The predicted octanol–water partition coefficient (Wildman–Crippen LogP) is 6.42. The van der Waals surface area contributed by atoms with Gasteiger partial charge in [-0.2, -0.15) is 0 Å². The summed E-state index contributed by atoms with van der Waals surface area (Å²) in [5, 5.41) is 2.11. The zero-order valence-electron chi connectivity index (χ0n) is 13.7. The van der Waals surface area contributed by atoms with E-state index in [0.717, 1.165) is 4.96 Å². The van der Waals surface area contributed by atoms with Crippen LogP contribution in [0.25, 0.3) is 4.96 Å². The molecule has 0 bridgehead atoms. The van der Waals surface area contributed by atoms with Gasteiger partial charge in [0.15, 0.2) is 4.96 Å². The van der Waals surface area contributed by atoms with Crippen molar-refractivity contribution < 1.29 is 0 Å². The summed E-state index contributed by atoms with van der Waals surface area (Å²) >= 11 is 1.74. The van der Waals surface area contributed by atoms with Crippen molar-refractivity contribution in [1.29, 1.82) is 0 Å². The van der Waals surface area contributed by atoms with Crippen molar-refractivity contribution in [3.63, 3.8) is 0 Å². The molecule has 2 nitrogen and oxygen atoms in total. The molecule has 2 aromatic rings. The van der Waals surface area contributed by atoms with E-state index < -0.39 is 0 Å². The monoisotopic (exact) mass is 306 g/mol. The van der Waals surface area contributed by atoms with Gasteiger partial charge < -0.3 is 0 Å². The number of nitrogens with zero attached hydrogens (tertiary/aromatic N) is 2. The highest BCUT2D eigenvalue weighted by Crippen LogP contribution is 2.29. The summed E-state index contributed by atoms with van der Waals surface area (Å²) < 4.78 is 2.18. The molecule has 0 radical (unpaired) electrons. The number of rotatable bonds is 11. The Morgan fingerprint density at radius 2 is 1.67 bits per heavy atom. The lowest BCUT2D eigenvalue weighted by Crippen LogP contribution is -2.00. The van der Waals surface area contributed by atoms with Crippen LogP contribution in [-0.4, -0.2) is 9.38 Å². The lowest BCUT2D eigenvalue weighted by atomic mass is 9.92. The standard InChI is InChI=1S/C18H30N2S/c1-3-5-7-8-10-12-16(11-9-6-4-2)17-15-20-13-14-21-18(20)19-17/h13-16H,3-12H2,1-2H3. The van der Waals surface area contributed by atoms with Gasteiger partial charge in [-0.15, -0.1) is 11.3 Å². The first kappa shape index (κ1) is 16.5. The van der Waals surface area contributed by atoms with Crippen molar-refractivity contribution >= 4 is 16.3 Å². The first-order valence-electron chi connectivity index (χ1n) is 8.77. The van der Waals surface area contributed by atoms with E-state index >= 15 is 0 Å². The molecule has 0 aliphatic heterocycles. The normalized spacial score (nSPS) is 13.0. The predicted molar refractivity (Wildman–Crippen MR) is 93.3 cm³/mol.